The van der Waals surface area contributed by atoms with E-state index in [9.17, 15) is 4.79 Å². The Hall–Kier alpha value is -1.51. The minimum atomic E-state index is 0.0855. The van der Waals surface area contributed by atoms with E-state index in [1.54, 1.807) is 12.4 Å². The number of carbonyl (C=O) groups excluding carboxylic acids is 1. The van der Waals surface area contributed by atoms with Gasteiger partial charge in [-0.3, -0.25) is 14.7 Å². The van der Waals surface area contributed by atoms with Gasteiger partial charge in [-0.25, -0.2) is 0 Å². The monoisotopic (exact) mass is 465 g/mol. The van der Waals surface area contributed by atoms with Gasteiger partial charge in [-0.2, -0.15) is 0 Å². The Balaban J connectivity index is 1.65. The van der Waals surface area contributed by atoms with Crippen molar-refractivity contribution in [1.29, 1.82) is 0 Å². The van der Waals surface area contributed by atoms with Crippen LogP contribution in [0.4, 0.5) is 0 Å². The molecule has 0 radical (unpaired) electrons. The first-order valence-corrected chi connectivity index (χ1v) is 10.0. The summed E-state index contributed by atoms with van der Waals surface area (Å²) in [5, 5.41) is 0. The summed E-state index contributed by atoms with van der Waals surface area (Å²) >= 11 is 2.25. The predicted molar refractivity (Wildman–Crippen MR) is 110 cm³/mol. The molecule has 0 unspecified atom stereocenters. The molecule has 26 heavy (non-hydrogen) atoms. The Morgan fingerprint density at radius 2 is 1.96 bits per heavy atom. The molecule has 0 spiro atoms. The minimum absolute atomic E-state index is 0.0855. The molecule has 1 aromatic heterocycles. The van der Waals surface area contributed by atoms with E-state index in [1.165, 1.54) is 0 Å². The molecular weight excluding hydrogens is 441 g/mol. The SMILES string of the molecule is O=C(c1cccc(I)c1)N(CCCN1CCOCC1)Cc1ccncc1. The van der Waals surface area contributed by atoms with Crippen molar-refractivity contribution in [3.05, 3.63) is 63.5 Å². The molecule has 1 aliphatic rings. The van der Waals surface area contributed by atoms with E-state index in [2.05, 4.69) is 32.5 Å². The maximum atomic E-state index is 13.1. The van der Waals surface area contributed by atoms with E-state index in [1.807, 2.05) is 41.3 Å². The minimum Gasteiger partial charge on any atom is -0.379 e. The standard InChI is InChI=1S/C20H24IN3O2/c21-19-4-1-3-18(15-19)20(25)24(16-17-5-7-22-8-6-17)10-2-9-23-11-13-26-14-12-23/h1,3-8,15H,2,9-14,16H2. The number of carbonyl (C=O) groups is 1. The van der Waals surface area contributed by atoms with Gasteiger partial charge in [0.1, 0.15) is 0 Å². The Morgan fingerprint density at radius 1 is 1.19 bits per heavy atom. The predicted octanol–water partition coefficient (Wildman–Crippen LogP) is 3.05. The number of pyridine rings is 1. The van der Waals surface area contributed by atoms with Crippen molar-refractivity contribution in [3.8, 4) is 0 Å². The normalized spacial score (nSPS) is 15.0. The number of hydrogen-bond donors (Lipinski definition) is 0. The van der Waals surface area contributed by atoms with Crippen LogP contribution in [0.5, 0.6) is 0 Å². The average molecular weight is 465 g/mol. The summed E-state index contributed by atoms with van der Waals surface area (Å²) in [5.74, 6) is 0.0855. The summed E-state index contributed by atoms with van der Waals surface area (Å²) in [6.07, 6.45) is 4.51. The number of nitrogens with zero attached hydrogens (tertiary/aromatic N) is 3. The number of aromatic nitrogens is 1. The van der Waals surface area contributed by atoms with Crippen molar-refractivity contribution < 1.29 is 9.53 Å². The summed E-state index contributed by atoms with van der Waals surface area (Å²) < 4.78 is 6.48. The third kappa shape index (κ3) is 5.75. The topological polar surface area (TPSA) is 45.7 Å². The molecule has 138 valence electrons. The lowest BCUT2D eigenvalue weighted by Gasteiger charge is -2.28. The molecule has 1 fully saturated rings. The highest BCUT2D eigenvalue weighted by molar-refractivity contribution is 14.1. The van der Waals surface area contributed by atoms with Crippen LogP contribution in [0, 0.1) is 3.57 Å². The second-order valence-electron chi connectivity index (χ2n) is 6.40. The lowest BCUT2D eigenvalue weighted by Crippen LogP contribution is -2.39. The summed E-state index contributed by atoms with van der Waals surface area (Å²) in [7, 11) is 0. The highest BCUT2D eigenvalue weighted by Crippen LogP contribution is 2.14. The van der Waals surface area contributed by atoms with Gasteiger partial charge in [-0.15, -0.1) is 0 Å². The first-order valence-electron chi connectivity index (χ1n) is 8.96. The molecule has 3 rings (SSSR count). The van der Waals surface area contributed by atoms with Gasteiger partial charge in [0.15, 0.2) is 0 Å². The van der Waals surface area contributed by atoms with E-state index in [0.717, 1.165) is 60.5 Å². The second kappa shape index (κ2) is 9.99. The summed E-state index contributed by atoms with van der Waals surface area (Å²) in [4.78, 5) is 21.5. The van der Waals surface area contributed by atoms with Gasteiger partial charge in [-0.05, 0) is 64.9 Å². The van der Waals surface area contributed by atoms with Crippen LogP contribution in [-0.4, -0.2) is 60.1 Å². The van der Waals surface area contributed by atoms with Crippen LogP contribution in [0.25, 0.3) is 0 Å². The number of halogens is 1. The molecule has 2 heterocycles. The third-order valence-electron chi connectivity index (χ3n) is 4.49. The van der Waals surface area contributed by atoms with Crippen LogP contribution in [0.15, 0.2) is 48.8 Å². The Labute approximate surface area is 168 Å². The molecule has 1 amide bonds. The number of benzene rings is 1. The molecule has 0 saturated carbocycles. The molecule has 1 aromatic carbocycles. The summed E-state index contributed by atoms with van der Waals surface area (Å²) in [6.45, 7) is 5.92. The van der Waals surface area contributed by atoms with Gasteiger partial charge in [0.25, 0.3) is 5.91 Å². The smallest absolute Gasteiger partial charge is 0.254 e. The first kappa shape index (κ1) is 19.3. The van der Waals surface area contributed by atoms with Crippen LogP contribution >= 0.6 is 22.6 Å². The zero-order valence-electron chi connectivity index (χ0n) is 14.8. The fourth-order valence-electron chi connectivity index (χ4n) is 3.08. The van der Waals surface area contributed by atoms with Crippen LogP contribution in [0.2, 0.25) is 0 Å². The largest absolute Gasteiger partial charge is 0.379 e. The van der Waals surface area contributed by atoms with Crippen LogP contribution < -0.4 is 0 Å². The number of rotatable bonds is 7. The van der Waals surface area contributed by atoms with Crippen molar-refractivity contribution in [2.24, 2.45) is 0 Å². The Kier molecular flexibility index (Phi) is 7.40. The number of ether oxygens (including phenoxy) is 1. The second-order valence-corrected chi connectivity index (χ2v) is 7.65. The maximum absolute atomic E-state index is 13.1. The van der Waals surface area contributed by atoms with Gasteiger partial charge >= 0.3 is 0 Å². The molecule has 1 aliphatic heterocycles. The molecular formula is C20H24IN3O2. The van der Waals surface area contributed by atoms with Crippen molar-refractivity contribution >= 4 is 28.5 Å². The fourth-order valence-corrected chi connectivity index (χ4v) is 3.62. The van der Waals surface area contributed by atoms with Crippen LogP contribution in [-0.2, 0) is 11.3 Å². The van der Waals surface area contributed by atoms with Crippen LogP contribution in [0.1, 0.15) is 22.3 Å². The summed E-state index contributed by atoms with van der Waals surface area (Å²) in [6, 6.07) is 11.7. The lowest BCUT2D eigenvalue weighted by atomic mass is 10.1. The van der Waals surface area contributed by atoms with Gasteiger partial charge in [0, 0.05) is 54.3 Å². The number of morpholine rings is 1. The molecule has 0 aliphatic carbocycles. The van der Waals surface area contributed by atoms with E-state index in [0.29, 0.717) is 6.54 Å². The molecule has 0 N–H and O–H groups in total. The van der Waals surface area contributed by atoms with Crippen molar-refractivity contribution in [2.45, 2.75) is 13.0 Å². The molecule has 0 bridgehead atoms. The van der Waals surface area contributed by atoms with Gasteiger partial charge in [-0.1, -0.05) is 6.07 Å². The van der Waals surface area contributed by atoms with E-state index >= 15 is 0 Å². The van der Waals surface area contributed by atoms with E-state index in [-0.39, 0.29) is 5.91 Å². The average Bonchev–Trinajstić information content (AvgIpc) is 2.68. The van der Waals surface area contributed by atoms with Crippen LogP contribution in [0.3, 0.4) is 0 Å². The molecule has 5 nitrogen and oxygen atoms in total. The quantitative estimate of drug-likeness (QED) is 0.590. The van der Waals surface area contributed by atoms with Crippen molar-refractivity contribution in [1.82, 2.24) is 14.8 Å². The van der Waals surface area contributed by atoms with E-state index < -0.39 is 0 Å². The Morgan fingerprint density at radius 3 is 2.69 bits per heavy atom. The maximum Gasteiger partial charge on any atom is 0.254 e. The highest BCUT2D eigenvalue weighted by Gasteiger charge is 2.17. The first-order chi connectivity index (χ1) is 12.7. The van der Waals surface area contributed by atoms with Gasteiger partial charge in [0.05, 0.1) is 13.2 Å². The number of amides is 1. The molecule has 2 aromatic rings. The highest BCUT2D eigenvalue weighted by atomic mass is 127. The third-order valence-corrected chi connectivity index (χ3v) is 5.16. The van der Waals surface area contributed by atoms with Gasteiger partial charge < -0.3 is 9.64 Å². The summed E-state index contributed by atoms with van der Waals surface area (Å²) in [5.41, 5.74) is 1.85. The molecule has 0 atom stereocenters. The molecule has 6 heteroatoms. The molecule has 1 saturated heterocycles. The zero-order valence-corrected chi connectivity index (χ0v) is 17.0. The van der Waals surface area contributed by atoms with Crippen molar-refractivity contribution in [2.75, 3.05) is 39.4 Å². The van der Waals surface area contributed by atoms with Gasteiger partial charge in [0.2, 0.25) is 0 Å². The Bertz CT molecular complexity index is 705. The fraction of sp³-hybridized carbons (Fsp3) is 0.400. The van der Waals surface area contributed by atoms with Crippen molar-refractivity contribution in [3.63, 3.8) is 0 Å². The number of hydrogen-bond acceptors (Lipinski definition) is 4. The zero-order chi connectivity index (χ0) is 18.2. The lowest BCUT2D eigenvalue weighted by molar-refractivity contribution is 0.0355. The van der Waals surface area contributed by atoms with E-state index in [4.69, 9.17) is 4.74 Å².